The van der Waals surface area contributed by atoms with E-state index in [1.54, 1.807) is 0 Å². The average Bonchev–Trinajstić information content (AvgIpc) is 3.27. The third kappa shape index (κ3) is 38.9. The number of benzene rings is 3. The fourth-order valence-electron chi connectivity index (χ4n) is 7.36. The van der Waals surface area contributed by atoms with Crippen molar-refractivity contribution in [2.24, 2.45) is 0 Å². The Labute approximate surface area is 408 Å². The van der Waals surface area contributed by atoms with Crippen LogP contribution in [-0.4, -0.2) is 19.8 Å². The van der Waals surface area contributed by atoms with Crippen molar-refractivity contribution in [3.05, 3.63) is 86.2 Å². The third-order valence-electron chi connectivity index (χ3n) is 11.2. The lowest BCUT2D eigenvalue weighted by molar-refractivity contribution is 0.302. The number of hydrogen-bond acceptors (Lipinski definition) is 3. The summed E-state index contributed by atoms with van der Waals surface area (Å²) in [6.07, 6.45) is 44.0. The molecule has 3 rings (SSSR count). The molecule has 0 heterocycles. The van der Waals surface area contributed by atoms with E-state index in [0.717, 1.165) is 63.3 Å². The van der Waals surface area contributed by atoms with Crippen molar-refractivity contribution in [3.8, 4) is 17.2 Å². The van der Waals surface area contributed by atoms with Crippen LogP contribution < -0.4 is 14.2 Å². The van der Waals surface area contributed by atoms with Crippen molar-refractivity contribution in [2.45, 2.75) is 226 Å². The van der Waals surface area contributed by atoms with Crippen LogP contribution in [0.5, 0.6) is 17.2 Å². The van der Waals surface area contributed by atoms with E-state index in [1.165, 1.54) is 193 Å². The predicted octanol–water partition coefficient (Wildman–Crippen LogP) is 21.0. The zero-order chi connectivity index (χ0) is 44.8. The number of hydrogen-bond donors (Lipinski definition) is 0. The molecule has 0 spiro atoms. The molecule has 0 saturated heterocycles. The fourth-order valence-corrected chi connectivity index (χ4v) is 8.52. The van der Waals surface area contributed by atoms with Crippen LogP contribution in [0.25, 0.3) is 0 Å². The zero-order valence-electron chi connectivity index (χ0n) is 40.0. The van der Waals surface area contributed by atoms with Gasteiger partial charge in [-0.3, -0.25) is 0 Å². The van der Waals surface area contributed by atoms with Crippen LogP contribution in [-0.2, 0) is 0 Å². The van der Waals surface area contributed by atoms with Crippen molar-refractivity contribution in [2.75, 3.05) is 19.8 Å². The molecule has 0 N–H and O–H groups in total. The number of para-hydroxylation sites is 1. The first-order valence-corrected chi connectivity index (χ1v) is 28.0. The van der Waals surface area contributed by atoms with Gasteiger partial charge in [0.25, 0.3) is 0 Å². The van der Waals surface area contributed by atoms with E-state index in [0.29, 0.717) is 0 Å². The molecule has 62 heavy (non-hydrogen) atoms. The second-order valence-corrected chi connectivity index (χ2v) is 19.8. The molecule has 0 unspecified atom stereocenters. The van der Waals surface area contributed by atoms with E-state index in [4.69, 9.17) is 14.2 Å². The summed E-state index contributed by atoms with van der Waals surface area (Å²) in [6.45, 7) is 9.32. The molecule has 3 nitrogen and oxygen atoms in total. The Morgan fingerprint density at radius 2 is 0.597 bits per heavy atom. The highest BCUT2D eigenvalue weighted by molar-refractivity contribution is 9.11. The summed E-state index contributed by atoms with van der Waals surface area (Å²) in [5.74, 6) is 2.90. The van der Waals surface area contributed by atoms with Gasteiger partial charge in [0.2, 0.25) is 0 Å². The molecule has 0 aliphatic rings. The van der Waals surface area contributed by atoms with E-state index >= 15 is 0 Å². The minimum atomic E-state index is 0.832. The molecule has 0 bridgehead atoms. The minimum absolute atomic E-state index is 0.832. The Balaban J connectivity index is 0.000000479. The van der Waals surface area contributed by atoms with Crippen LogP contribution in [0, 0.1) is 0 Å². The topological polar surface area (TPSA) is 27.7 Å². The molecule has 0 amide bonds. The molecule has 0 radical (unpaired) electrons. The van der Waals surface area contributed by atoms with Gasteiger partial charge in [-0.25, -0.2) is 0 Å². The lowest BCUT2D eigenvalue weighted by atomic mass is 10.0. The van der Waals surface area contributed by atoms with Gasteiger partial charge in [-0.2, -0.15) is 0 Å². The lowest BCUT2D eigenvalue weighted by Gasteiger charge is -2.07. The highest BCUT2D eigenvalue weighted by Crippen LogP contribution is 2.24. The van der Waals surface area contributed by atoms with Crippen molar-refractivity contribution < 1.29 is 14.2 Å². The molecule has 0 atom stereocenters. The molecular weight excluding hydrogens is 960 g/mol. The van der Waals surface area contributed by atoms with E-state index in [1.807, 2.05) is 72.8 Å². The van der Waals surface area contributed by atoms with E-state index in [9.17, 15) is 0 Å². The Morgan fingerprint density at radius 1 is 0.306 bits per heavy atom. The summed E-state index contributed by atoms with van der Waals surface area (Å²) >= 11 is 10.4. The second-order valence-electron chi connectivity index (χ2n) is 17.1. The first-order valence-electron chi connectivity index (χ1n) is 25.6. The maximum absolute atomic E-state index is 5.78. The van der Waals surface area contributed by atoms with Crippen molar-refractivity contribution in [1.29, 1.82) is 0 Å². The highest BCUT2D eigenvalue weighted by Gasteiger charge is 2.00. The smallest absolute Gasteiger partial charge is 0.133 e. The maximum Gasteiger partial charge on any atom is 0.133 e. The molecule has 0 aromatic heterocycles. The summed E-state index contributed by atoms with van der Waals surface area (Å²) in [5.41, 5.74) is 0. The molecule has 3 aromatic rings. The molecule has 0 fully saturated rings. The molecule has 0 aliphatic carbocycles. The van der Waals surface area contributed by atoms with Crippen LogP contribution in [0.3, 0.4) is 0 Å². The van der Waals surface area contributed by atoms with Crippen molar-refractivity contribution in [1.82, 2.24) is 0 Å². The summed E-state index contributed by atoms with van der Waals surface area (Å²) in [6, 6.07) is 24.2. The Kier molecular flexibility index (Phi) is 43.5. The van der Waals surface area contributed by atoms with E-state index < -0.39 is 0 Å². The summed E-state index contributed by atoms with van der Waals surface area (Å²) in [4.78, 5) is 0. The molecule has 3 aromatic carbocycles. The van der Waals surface area contributed by atoms with Gasteiger partial charge in [-0.1, -0.05) is 263 Å². The summed E-state index contributed by atoms with van der Waals surface area (Å²) in [7, 11) is 0. The van der Waals surface area contributed by atoms with E-state index in [2.05, 4.69) is 68.6 Å². The first kappa shape index (κ1) is 58.5. The monoisotopic (exact) mass is 1050 g/mol. The van der Waals surface area contributed by atoms with Gasteiger partial charge in [-0.05, 0) is 83.7 Å². The molecule has 0 aliphatic heterocycles. The van der Waals surface area contributed by atoms with Crippen molar-refractivity contribution >= 4 is 47.8 Å². The SMILES string of the molecule is CCCCCCCCCCCCCCCCCCOc1cccc(Br)c1.CCCCCCCCCCCCOc1ccccc1Br.CCCCCCCCOc1cccc(Br)c1. The summed E-state index contributed by atoms with van der Waals surface area (Å²) in [5, 5.41) is 0. The van der Waals surface area contributed by atoms with Crippen LogP contribution in [0.2, 0.25) is 0 Å². The van der Waals surface area contributed by atoms with Gasteiger partial charge >= 0.3 is 0 Å². The van der Waals surface area contributed by atoms with Gasteiger partial charge < -0.3 is 14.2 Å². The average molecular weight is 1050 g/mol. The van der Waals surface area contributed by atoms with E-state index in [-0.39, 0.29) is 0 Å². The lowest BCUT2D eigenvalue weighted by Crippen LogP contribution is -1.97. The predicted molar refractivity (Wildman–Crippen MR) is 284 cm³/mol. The highest BCUT2D eigenvalue weighted by atomic mass is 79.9. The van der Waals surface area contributed by atoms with Gasteiger partial charge in [-0.15, -0.1) is 0 Å². The molecule has 0 saturated carbocycles. The fraction of sp³-hybridized carbons (Fsp3) is 0.679. The Hall–Kier alpha value is -1.50. The molecule has 354 valence electrons. The molecule has 6 heteroatoms. The van der Waals surface area contributed by atoms with Gasteiger partial charge in [0.05, 0.1) is 24.3 Å². The van der Waals surface area contributed by atoms with Gasteiger partial charge in [0.1, 0.15) is 17.2 Å². The largest absolute Gasteiger partial charge is 0.494 e. The minimum Gasteiger partial charge on any atom is -0.494 e. The van der Waals surface area contributed by atoms with Gasteiger partial charge in [0.15, 0.2) is 0 Å². The molecular formula is C56H91Br3O3. The van der Waals surface area contributed by atoms with Crippen molar-refractivity contribution in [3.63, 3.8) is 0 Å². The number of rotatable bonds is 38. The third-order valence-corrected chi connectivity index (χ3v) is 12.9. The summed E-state index contributed by atoms with van der Waals surface area (Å²) < 4.78 is 20.4. The number of halogens is 3. The van der Waals surface area contributed by atoms with Crippen LogP contribution >= 0.6 is 47.8 Å². The van der Waals surface area contributed by atoms with Crippen LogP contribution in [0.15, 0.2) is 86.2 Å². The Morgan fingerprint density at radius 3 is 0.903 bits per heavy atom. The van der Waals surface area contributed by atoms with Gasteiger partial charge in [0, 0.05) is 8.95 Å². The normalized spacial score (nSPS) is 10.7. The zero-order valence-corrected chi connectivity index (χ0v) is 44.8. The van der Waals surface area contributed by atoms with Crippen LogP contribution in [0.1, 0.15) is 226 Å². The first-order chi connectivity index (χ1) is 30.5. The quantitative estimate of drug-likeness (QED) is 0.0535. The number of unbranched alkanes of at least 4 members (excludes halogenated alkanes) is 29. The maximum atomic E-state index is 5.78. The van der Waals surface area contributed by atoms with Crippen LogP contribution in [0.4, 0.5) is 0 Å². The Bertz CT molecular complexity index is 1370. The second kappa shape index (κ2) is 46.0. The number of ether oxygens (including phenoxy) is 3. The standard InChI is InChI=1S/C24H41BrO.C18H29BrO.C14H21BrO/c1-2-3-4-5-6-7-8-9-10-11-12-13-14-15-16-17-21-26-24-20-18-19-23(25)22-24;1-2-3-4-5-6-7-8-9-10-13-16-20-18-15-12-11-14-17(18)19;1-2-3-4-5-6-7-11-16-14-10-8-9-13(15)12-14/h18-20,22H,2-17,21H2,1H3;11-12,14-15H,2-10,13,16H2,1H3;8-10,12H,2-7,11H2,1H3.